The third-order valence-electron chi connectivity index (χ3n) is 6.23. The molecule has 0 fully saturated rings. The van der Waals surface area contributed by atoms with Gasteiger partial charge in [0.2, 0.25) is 0 Å². The molecule has 6 heteroatoms. The molecule has 0 amide bonds. The number of hydrogen-bond donors (Lipinski definition) is 2. The Morgan fingerprint density at radius 3 is 1.28 bits per heavy atom. The number of unbranched alkanes of at least 4 members (excludes halogenated alkanes) is 7. The van der Waals surface area contributed by atoms with E-state index in [1.807, 2.05) is 48.5 Å². The minimum Gasteiger partial charge on any atom is -0.494 e. The summed E-state index contributed by atoms with van der Waals surface area (Å²) in [4.78, 5) is 0. The van der Waals surface area contributed by atoms with Gasteiger partial charge in [0.05, 0.1) is 24.6 Å². The molecule has 0 aliphatic carbocycles. The maximum Gasteiger partial charge on any atom is 0.119 e. The Morgan fingerprint density at radius 2 is 0.944 bits per heavy atom. The van der Waals surface area contributed by atoms with Gasteiger partial charge in [0, 0.05) is 0 Å². The first-order valence-corrected chi connectivity index (χ1v) is 13.6. The summed E-state index contributed by atoms with van der Waals surface area (Å²) in [5.74, 6) is 1.67. The zero-order valence-electron chi connectivity index (χ0n) is 22.1. The van der Waals surface area contributed by atoms with E-state index in [-0.39, 0.29) is 0 Å². The molecule has 2 rings (SSSR count). The molecular formula is C30H44N2O4. The number of hydrogen-bond acceptors (Lipinski definition) is 6. The zero-order chi connectivity index (χ0) is 25.8. The van der Waals surface area contributed by atoms with E-state index >= 15 is 0 Å². The molecule has 0 radical (unpaired) electrons. The summed E-state index contributed by atoms with van der Waals surface area (Å²) < 4.78 is 11.6. The summed E-state index contributed by atoms with van der Waals surface area (Å²) in [6, 6.07) is 15.4. The van der Waals surface area contributed by atoms with E-state index in [4.69, 9.17) is 9.47 Å². The van der Waals surface area contributed by atoms with Crippen LogP contribution in [0.15, 0.2) is 58.8 Å². The largest absolute Gasteiger partial charge is 0.494 e. The molecular weight excluding hydrogens is 452 g/mol. The van der Waals surface area contributed by atoms with Crippen LogP contribution in [0.25, 0.3) is 0 Å². The third kappa shape index (κ3) is 11.1. The molecule has 2 aromatic carbocycles. The summed E-state index contributed by atoms with van der Waals surface area (Å²) >= 11 is 0. The minimum atomic E-state index is 0.636. The maximum absolute atomic E-state index is 9.52. The molecule has 0 aliphatic rings. The fraction of sp³-hybridized carbons (Fsp3) is 0.533. The van der Waals surface area contributed by atoms with Crippen molar-refractivity contribution in [2.24, 2.45) is 10.3 Å². The average molecular weight is 497 g/mol. The highest BCUT2D eigenvalue weighted by molar-refractivity contribution is 6.01. The lowest BCUT2D eigenvalue weighted by Gasteiger charge is -2.09. The van der Waals surface area contributed by atoms with Gasteiger partial charge in [-0.3, -0.25) is 0 Å². The van der Waals surface area contributed by atoms with E-state index in [1.165, 1.54) is 38.5 Å². The topological polar surface area (TPSA) is 83.6 Å². The highest BCUT2D eigenvalue weighted by Crippen LogP contribution is 2.18. The molecule has 0 saturated carbocycles. The standard InChI is InChI=1S/C30H44N2O4/c1-3-5-7-11-23-35-27-19-15-25(16-20-27)29(31-33)13-9-10-14-30(32-34)26-17-21-28(22-18-26)36-24-12-8-6-4-2/h15-22,33-34H,3-14,23-24H2,1-2H3. The van der Waals surface area contributed by atoms with E-state index in [9.17, 15) is 10.4 Å². The molecule has 198 valence electrons. The van der Waals surface area contributed by atoms with Crippen LogP contribution in [0, 0.1) is 0 Å². The summed E-state index contributed by atoms with van der Waals surface area (Å²) in [5.41, 5.74) is 3.06. The Morgan fingerprint density at radius 1 is 0.556 bits per heavy atom. The van der Waals surface area contributed by atoms with Crippen LogP contribution in [0.2, 0.25) is 0 Å². The average Bonchev–Trinajstić information content (AvgIpc) is 2.92. The van der Waals surface area contributed by atoms with Crippen molar-refractivity contribution in [3.8, 4) is 11.5 Å². The second-order valence-electron chi connectivity index (χ2n) is 9.17. The van der Waals surface area contributed by atoms with Crippen molar-refractivity contribution < 1.29 is 19.9 Å². The molecule has 36 heavy (non-hydrogen) atoms. The van der Waals surface area contributed by atoms with Gasteiger partial charge in [0.15, 0.2) is 0 Å². The zero-order valence-corrected chi connectivity index (χ0v) is 22.1. The predicted molar refractivity (Wildman–Crippen MR) is 147 cm³/mol. The molecule has 0 atom stereocenters. The van der Waals surface area contributed by atoms with Crippen LogP contribution in [0.1, 0.15) is 102 Å². The summed E-state index contributed by atoms with van der Waals surface area (Å²) in [5, 5.41) is 26.1. The van der Waals surface area contributed by atoms with E-state index in [1.54, 1.807) is 0 Å². The summed E-state index contributed by atoms with van der Waals surface area (Å²) in [6.07, 6.45) is 12.3. The Labute approximate surface area is 217 Å². The van der Waals surface area contributed by atoms with E-state index in [2.05, 4.69) is 24.2 Å². The fourth-order valence-electron chi connectivity index (χ4n) is 4.01. The number of oxime groups is 2. The van der Waals surface area contributed by atoms with Crippen molar-refractivity contribution in [3.05, 3.63) is 59.7 Å². The van der Waals surface area contributed by atoms with Crippen LogP contribution in [-0.2, 0) is 0 Å². The highest BCUT2D eigenvalue weighted by atomic mass is 16.5. The lowest BCUT2D eigenvalue weighted by atomic mass is 10.0. The van der Waals surface area contributed by atoms with Crippen molar-refractivity contribution in [2.75, 3.05) is 13.2 Å². The molecule has 0 heterocycles. The van der Waals surface area contributed by atoms with Gasteiger partial charge in [-0.25, -0.2) is 0 Å². The second-order valence-corrected chi connectivity index (χ2v) is 9.17. The SMILES string of the molecule is CCCCCCOc1ccc(C(CCCCC(=NO)c2ccc(OCCCCCC)cc2)=NO)cc1. The molecule has 0 spiro atoms. The van der Waals surface area contributed by atoms with Crippen molar-refractivity contribution in [2.45, 2.75) is 90.9 Å². The van der Waals surface area contributed by atoms with Gasteiger partial charge in [-0.2, -0.15) is 0 Å². The van der Waals surface area contributed by atoms with Gasteiger partial charge >= 0.3 is 0 Å². The van der Waals surface area contributed by atoms with Gasteiger partial charge in [0.1, 0.15) is 11.5 Å². The smallest absolute Gasteiger partial charge is 0.119 e. The van der Waals surface area contributed by atoms with Crippen molar-refractivity contribution in [1.82, 2.24) is 0 Å². The van der Waals surface area contributed by atoms with Crippen molar-refractivity contribution in [3.63, 3.8) is 0 Å². The first kappa shape index (κ1) is 29.2. The first-order valence-electron chi connectivity index (χ1n) is 13.6. The third-order valence-corrected chi connectivity index (χ3v) is 6.23. The molecule has 2 N–H and O–H groups in total. The molecule has 0 bridgehead atoms. The van der Waals surface area contributed by atoms with Crippen LogP contribution < -0.4 is 9.47 Å². The number of nitrogens with zero attached hydrogens (tertiary/aromatic N) is 2. The second kappa shape index (κ2) is 18.3. The van der Waals surface area contributed by atoms with E-state index < -0.39 is 0 Å². The normalized spacial score (nSPS) is 12.1. The van der Waals surface area contributed by atoms with Gasteiger partial charge in [-0.1, -0.05) is 62.7 Å². The Hall–Kier alpha value is -3.02. The molecule has 2 aromatic rings. The van der Waals surface area contributed by atoms with Crippen LogP contribution in [0.3, 0.4) is 0 Å². The van der Waals surface area contributed by atoms with Gasteiger partial charge < -0.3 is 19.9 Å². The van der Waals surface area contributed by atoms with Crippen molar-refractivity contribution >= 4 is 11.4 Å². The number of rotatable bonds is 19. The Kier molecular flexibility index (Phi) is 14.8. The molecule has 0 aromatic heterocycles. The predicted octanol–water partition coefficient (Wildman–Crippen LogP) is 8.22. The monoisotopic (exact) mass is 496 g/mol. The number of ether oxygens (including phenoxy) is 2. The lowest BCUT2D eigenvalue weighted by molar-refractivity contribution is 0.305. The molecule has 0 unspecified atom stereocenters. The Bertz CT molecular complexity index is 817. The van der Waals surface area contributed by atoms with Gasteiger partial charge in [-0.05, 0) is 98.2 Å². The maximum atomic E-state index is 9.52. The number of benzene rings is 2. The van der Waals surface area contributed by atoms with Gasteiger partial charge in [0.25, 0.3) is 0 Å². The van der Waals surface area contributed by atoms with Crippen molar-refractivity contribution in [1.29, 1.82) is 0 Å². The van der Waals surface area contributed by atoms with Crippen LogP contribution in [0.5, 0.6) is 11.5 Å². The molecule has 0 aliphatic heterocycles. The summed E-state index contributed by atoms with van der Waals surface area (Å²) in [6.45, 7) is 5.85. The van der Waals surface area contributed by atoms with E-state index in [0.717, 1.165) is 61.5 Å². The summed E-state index contributed by atoms with van der Waals surface area (Å²) in [7, 11) is 0. The lowest BCUT2D eigenvalue weighted by Crippen LogP contribution is -2.05. The highest BCUT2D eigenvalue weighted by Gasteiger charge is 2.09. The van der Waals surface area contributed by atoms with E-state index in [0.29, 0.717) is 24.3 Å². The van der Waals surface area contributed by atoms with Crippen LogP contribution >= 0.6 is 0 Å². The quantitative estimate of drug-likeness (QED) is 0.0888. The first-order chi connectivity index (χ1) is 17.7. The van der Waals surface area contributed by atoms with Crippen LogP contribution in [0.4, 0.5) is 0 Å². The fourth-order valence-corrected chi connectivity index (χ4v) is 4.01. The van der Waals surface area contributed by atoms with Gasteiger partial charge in [-0.15, -0.1) is 0 Å². The molecule has 0 saturated heterocycles. The minimum absolute atomic E-state index is 0.636. The molecule has 6 nitrogen and oxygen atoms in total. The van der Waals surface area contributed by atoms with Crippen LogP contribution in [-0.4, -0.2) is 35.1 Å². The Balaban J connectivity index is 1.73.